The maximum Gasteiger partial charge on any atom is 0.168 e. The first-order valence-electron chi connectivity index (χ1n) is 12.1. The van der Waals surface area contributed by atoms with Gasteiger partial charge in [0.1, 0.15) is 0 Å². The molecule has 8 heteroatoms. The SMILES string of the molecule is COc1ccc(CCn2nnnc2[C@@H](C(C)C)N2CCN(Cc3ccccc3)CC2)cc1OC. The molecular formula is C26H36N6O2. The highest BCUT2D eigenvalue weighted by molar-refractivity contribution is 5.42. The molecule has 0 unspecified atom stereocenters. The van der Waals surface area contributed by atoms with Gasteiger partial charge in [-0.15, -0.1) is 5.10 Å². The summed E-state index contributed by atoms with van der Waals surface area (Å²) in [6.45, 7) is 10.4. The van der Waals surface area contributed by atoms with Gasteiger partial charge in [-0.2, -0.15) is 0 Å². The highest BCUT2D eigenvalue weighted by Crippen LogP contribution is 2.30. The fourth-order valence-corrected chi connectivity index (χ4v) is 4.78. The van der Waals surface area contributed by atoms with Gasteiger partial charge in [-0.25, -0.2) is 4.68 Å². The van der Waals surface area contributed by atoms with Gasteiger partial charge in [-0.05, 0) is 46.0 Å². The van der Waals surface area contributed by atoms with Gasteiger partial charge in [0.2, 0.25) is 0 Å². The minimum absolute atomic E-state index is 0.194. The summed E-state index contributed by atoms with van der Waals surface area (Å²) in [6, 6.07) is 16.9. The smallest absolute Gasteiger partial charge is 0.168 e. The molecule has 0 aliphatic carbocycles. The molecule has 1 atom stereocenters. The van der Waals surface area contributed by atoms with Crippen LogP contribution in [0.4, 0.5) is 0 Å². The van der Waals surface area contributed by atoms with Gasteiger partial charge >= 0.3 is 0 Å². The first-order chi connectivity index (χ1) is 16.6. The Bertz CT molecular complexity index is 1030. The molecule has 0 spiro atoms. The summed E-state index contributed by atoms with van der Waals surface area (Å²) in [5.74, 6) is 2.84. The Morgan fingerprint density at radius 1 is 0.882 bits per heavy atom. The molecule has 1 aliphatic rings. The zero-order valence-corrected chi connectivity index (χ0v) is 20.7. The van der Waals surface area contributed by atoms with E-state index in [9.17, 15) is 0 Å². The molecule has 0 bridgehead atoms. The van der Waals surface area contributed by atoms with Gasteiger partial charge in [0.05, 0.1) is 20.3 Å². The molecule has 4 rings (SSSR count). The van der Waals surface area contributed by atoms with Gasteiger partial charge in [0.15, 0.2) is 17.3 Å². The molecule has 0 radical (unpaired) electrons. The number of methoxy groups -OCH3 is 2. The van der Waals surface area contributed by atoms with Crippen LogP contribution in [-0.2, 0) is 19.5 Å². The van der Waals surface area contributed by atoms with Crippen molar-refractivity contribution >= 4 is 0 Å². The number of piperazine rings is 1. The maximum absolute atomic E-state index is 5.45. The predicted octanol–water partition coefficient (Wildman–Crippen LogP) is 3.45. The zero-order valence-electron chi connectivity index (χ0n) is 20.7. The molecule has 8 nitrogen and oxygen atoms in total. The third-order valence-electron chi connectivity index (χ3n) is 6.57. The number of tetrazole rings is 1. The van der Waals surface area contributed by atoms with Gasteiger partial charge in [-0.1, -0.05) is 50.2 Å². The van der Waals surface area contributed by atoms with E-state index in [1.807, 2.05) is 16.8 Å². The van der Waals surface area contributed by atoms with E-state index in [-0.39, 0.29) is 6.04 Å². The summed E-state index contributed by atoms with van der Waals surface area (Å²) < 4.78 is 12.8. The Morgan fingerprint density at radius 3 is 2.29 bits per heavy atom. The van der Waals surface area contributed by atoms with Gasteiger partial charge in [0.25, 0.3) is 0 Å². The van der Waals surface area contributed by atoms with E-state index in [2.05, 4.69) is 75.6 Å². The Hall–Kier alpha value is -2.97. The van der Waals surface area contributed by atoms with E-state index >= 15 is 0 Å². The number of hydrogen-bond acceptors (Lipinski definition) is 7. The molecule has 2 aromatic carbocycles. The summed E-state index contributed by atoms with van der Waals surface area (Å²) in [6.07, 6.45) is 0.814. The molecule has 34 heavy (non-hydrogen) atoms. The Balaban J connectivity index is 1.40. The molecule has 0 N–H and O–H groups in total. The molecule has 3 aromatic rings. The van der Waals surface area contributed by atoms with Crippen molar-refractivity contribution in [2.75, 3.05) is 40.4 Å². The van der Waals surface area contributed by atoms with Crippen molar-refractivity contribution in [3.05, 3.63) is 65.5 Å². The van der Waals surface area contributed by atoms with E-state index in [1.165, 1.54) is 5.56 Å². The number of hydrogen-bond donors (Lipinski definition) is 0. The lowest BCUT2D eigenvalue weighted by molar-refractivity contribution is 0.0662. The number of rotatable bonds is 10. The van der Waals surface area contributed by atoms with Crippen LogP contribution in [0.1, 0.15) is 36.8 Å². The minimum atomic E-state index is 0.194. The van der Waals surface area contributed by atoms with Crippen LogP contribution in [0.5, 0.6) is 11.5 Å². The standard InChI is InChI=1S/C26H36N6O2/c1-20(2)25(31-16-14-30(15-17-31)19-22-8-6-5-7-9-22)26-27-28-29-32(26)13-12-21-10-11-23(33-3)24(18-21)34-4/h5-11,18,20,25H,12-17,19H2,1-4H3/t25-/m1/s1. The predicted molar refractivity (Wildman–Crippen MR) is 132 cm³/mol. The van der Waals surface area contributed by atoms with Gasteiger partial charge in [-0.3, -0.25) is 9.80 Å². The molecule has 1 fully saturated rings. The van der Waals surface area contributed by atoms with Crippen LogP contribution in [0.25, 0.3) is 0 Å². The highest BCUT2D eigenvalue weighted by atomic mass is 16.5. The first-order valence-corrected chi connectivity index (χ1v) is 12.1. The van der Waals surface area contributed by atoms with Gasteiger partial charge < -0.3 is 9.47 Å². The second-order valence-electron chi connectivity index (χ2n) is 9.19. The summed E-state index contributed by atoms with van der Waals surface area (Å²) >= 11 is 0. The monoisotopic (exact) mass is 464 g/mol. The van der Waals surface area contributed by atoms with E-state index in [0.29, 0.717) is 5.92 Å². The molecule has 2 heterocycles. The Morgan fingerprint density at radius 2 is 1.62 bits per heavy atom. The molecular weight excluding hydrogens is 428 g/mol. The quantitative estimate of drug-likeness (QED) is 0.455. The Kier molecular flexibility index (Phi) is 8.13. The second kappa shape index (κ2) is 11.4. The normalized spacial score (nSPS) is 16.0. The van der Waals surface area contributed by atoms with Crippen LogP contribution in [-0.4, -0.2) is 70.4 Å². The Labute approximate surface area is 202 Å². The van der Waals surface area contributed by atoms with Crippen molar-refractivity contribution in [2.24, 2.45) is 5.92 Å². The van der Waals surface area contributed by atoms with Crippen molar-refractivity contribution in [1.82, 2.24) is 30.0 Å². The lowest BCUT2D eigenvalue weighted by atomic mass is 10.0. The molecule has 182 valence electrons. The molecule has 0 amide bonds. The third kappa shape index (κ3) is 5.74. The largest absolute Gasteiger partial charge is 0.493 e. The van der Waals surface area contributed by atoms with Crippen molar-refractivity contribution in [3.8, 4) is 11.5 Å². The average molecular weight is 465 g/mol. The van der Waals surface area contributed by atoms with E-state index in [4.69, 9.17) is 9.47 Å². The van der Waals surface area contributed by atoms with Crippen LogP contribution >= 0.6 is 0 Å². The number of ether oxygens (including phenoxy) is 2. The van der Waals surface area contributed by atoms with Crippen LogP contribution < -0.4 is 9.47 Å². The van der Waals surface area contributed by atoms with Crippen LogP contribution in [0.2, 0.25) is 0 Å². The number of benzene rings is 2. The molecule has 1 aliphatic heterocycles. The molecule has 1 aromatic heterocycles. The van der Waals surface area contributed by atoms with Crippen LogP contribution in [0.15, 0.2) is 48.5 Å². The van der Waals surface area contributed by atoms with Gasteiger partial charge in [0, 0.05) is 39.3 Å². The van der Waals surface area contributed by atoms with Crippen LogP contribution in [0, 0.1) is 5.92 Å². The van der Waals surface area contributed by atoms with Crippen LogP contribution in [0.3, 0.4) is 0 Å². The van der Waals surface area contributed by atoms with Crippen molar-refractivity contribution in [2.45, 2.75) is 39.4 Å². The fourth-order valence-electron chi connectivity index (χ4n) is 4.78. The lowest BCUT2D eigenvalue weighted by Gasteiger charge is -2.40. The number of nitrogens with zero attached hydrogens (tertiary/aromatic N) is 6. The van der Waals surface area contributed by atoms with Crippen molar-refractivity contribution < 1.29 is 9.47 Å². The van der Waals surface area contributed by atoms with E-state index in [0.717, 1.165) is 68.6 Å². The number of aromatic nitrogens is 4. The van der Waals surface area contributed by atoms with E-state index in [1.54, 1.807) is 14.2 Å². The summed E-state index contributed by atoms with van der Waals surface area (Å²) in [4.78, 5) is 5.08. The lowest BCUT2D eigenvalue weighted by Crippen LogP contribution is -2.48. The number of aryl methyl sites for hydroxylation is 2. The maximum atomic E-state index is 5.45. The highest BCUT2D eigenvalue weighted by Gasteiger charge is 2.31. The molecule has 1 saturated heterocycles. The average Bonchev–Trinajstić information content (AvgIpc) is 3.32. The minimum Gasteiger partial charge on any atom is -0.493 e. The molecule has 0 saturated carbocycles. The zero-order chi connectivity index (χ0) is 23.9. The van der Waals surface area contributed by atoms with E-state index < -0.39 is 0 Å². The fraction of sp³-hybridized carbons (Fsp3) is 0.500. The summed E-state index contributed by atoms with van der Waals surface area (Å²) in [5.41, 5.74) is 2.53. The van der Waals surface area contributed by atoms with Crippen molar-refractivity contribution in [3.63, 3.8) is 0 Å². The summed E-state index contributed by atoms with van der Waals surface area (Å²) in [5, 5.41) is 12.9. The van der Waals surface area contributed by atoms with Crippen molar-refractivity contribution in [1.29, 1.82) is 0 Å². The second-order valence-corrected chi connectivity index (χ2v) is 9.19. The topological polar surface area (TPSA) is 68.5 Å². The third-order valence-corrected chi connectivity index (χ3v) is 6.57. The summed E-state index contributed by atoms with van der Waals surface area (Å²) in [7, 11) is 3.31. The first kappa shape index (κ1) is 24.2.